The Morgan fingerprint density at radius 3 is 2.35 bits per heavy atom. The molecule has 2 aliphatic rings. The van der Waals surface area contributed by atoms with Crippen molar-refractivity contribution in [1.29, 1.82) is 0 Å². The fourth-order valence-corrected chi connectivity index (χ4v) is 5.23. The van der Waals surface area contributed by atoms with Crippen molar-refractivity contribution in [2.24, 2.45) is 5.92 Å². The summed E-state index contributed by atoms with van der Waals surface area (Å²) < 4.78 is 0. The lowest BCUT2D eigenvalue weighted by atomic mass is 9.96. The van der Waals surface area contributed by atoms with Gasteiger partial charge in [-0.1, -0.05) is 60.2 Å². The number of ketones is 1. The second kappa shape index (κ2) is 8.82. The van der Waals surface area contributed by atoms with Crippen molar-refractivity contribution in [3.05, 3.63) is 71.3 Å². The SMILES string of the molecule is Cc1ccc(C2NC(SCC(=O)c3ccccc3)C3C(=O)N(C)C(=O)N(C)C3N2)cc1. The Morgan fingerprint density at radius 1 is 1.00 bits per heavy atom. The first kappa shape index (κ1) is 21.5. The Morgan fingerprint density at radius 2 is 1.68 bits per heavy atom. The number of benzene rings is 2. The molecular weight excluding hydrogens is 412 g/mol. The summed E-state index contributed by atoms with van der Waals surface area (Å²) in [6.07, 6.45) is -0.717. The van der Waals surface area contributed by atoms with Crippen LogP contribution in [0.1, 0.15) is 27.7 Å². The van der Waals surface area contributed by atoms with Crippen LogP contribution in [0.4, 0.5) is 4.79 Å². The number of hydrogen-bond donors (Lipinski definition) is 2. The molecule has 31 heavy (non-hydrogen) atoms. The molecule has 2 heterocycles. The number of hydrogen-bond acceptors (Lipinski definition) is 6. The molecule has 4 rings (SSSR count). The quantitative estimate of drug-likeness (QED) is 0.699. The van der Waals surface area contributed by atoms with Crippen molar-refractivity contribution in [3.63, 3.8) is 0 Å². The summed E-state index contributed by atoms with van der Waals surface area (Å²) in [7, 11) is 3.20. The molecule has 2 aromatic rings. The van der Waals surface area contributed by atoms with E-state index in [2.05, 4.69) is 10.6 Å². The van der Waals surface area contributed by atoms with Crippen LogP contribution in [0.3, 0.4) is 0 Å². The predicted molar refractivity (Wildman–Crippen MR) is 120 cm³/mol. The Labute approximate surface area is 186 Å². The summed E-state index contributed by atoms with van der Waals surface area (Å²) in [4.78, 5) is 41.0. The second-order valence-electron chi connectivity index (χ2n) is 7.96. The number of carbonyl (C=O) groups is 3. The monoisotopic (exact) mass is 438 g/mol. The smallest absolute Gasteiger partial charge is 0.311 e. The molecule has 2 aliphatic heterocycles. The number of carbonyl (C=O) groups excluding carboxylic acids is 3. The van der Waals surface area contributed by atoms with Crippen molar-refractivity contribution in [2.45, 2.75) is 24.6 Å². The molecular formula is C23H26N4O3S. The van der Waals surface area contributed by atoms with E-state index in [0.717, 1.165) is 16.0 Å². The number of thioether (sulfide) groups is 1. The van der Waals surface area contributed by atoms with Crippen LogP contribution in [-0.2, 0) is 4.79 Å². The van der Waals surface area contributed by atoms with E-state index in [1.165, 1.54) is 18.8 Å². The van der Waals surface area contributed by atoms with E-state index in [9.17, 15) is 14.4 Å². The number of Topliss-reactive ketones (excluding diaryl/α,β-unsaturated/α-hetero) is 1. The van der Waals surface area contributed by atoms with E-state index in [-0.39, 0.29) is 35.0 Å². The number of nitrogens with one attached hydrogen (secondary N) is 2. The lowest BCUT2D eigenvalue weighted by molar-refractivity contribution is -0.140. The average molecular weight is 439 g/mol. The van der Waals surface area contributed by atoms with Crippen molar-refractivity contribution in [1.82, 2.24) is 20.4 Å². The number of nitrogens with zero attached hydrogens (tertiary/aromatic N) is 2. The van der Waals surface area contributed by atoms with Gasteiger partial charge in [0.15, 0.2) is 5.78 Å². The summed E-state index contributed by atoms with van der Waals surface area (Å²) in [5.41, 5.74) is 2.81. The van der Waals surface area contributed by atoms with Crippen LogP contribution < -0.4 is 10.6 Å². The molecule has 0 aliphatic carbocycles. The minimum atomic E-state index is -0.511. The zero-order valence-electron chi connectivity index (χ0n) is 17.7. The molecule has 7 nitrogen and oxygen atoms in total. The molecule has 8 heteroatoms. The van der Waals surface area contributed by atoms with Crippen molar-refractivity contribution >= 4 is 29.5 Å². The molecule has 0 radical (unpaired) electrons. The Hall–Kier alpha value is -2.68. The van der Waals surface area contributed by atoms with Crippen LogP contribution in [0.25, 0.3) is 0 Å². The van der Waals surface area contributed by atoms with Crippen molar-refractivity contribution < 1.29 is 14.4 Å². The average Bonchev–Trinajstić information content (AvgIpc) is 2.80. The molecule has 4 unspecified atom stereocenters. The van der Waals surface area contributed by atoms with E-state index in [0.29, 0.717) is 5.56 Å². The summed E-state index contributed by atoms with van der Waals surface area (Å²) in [5.74, 6) is -0.515. The van der Waals surface area contributed by atoms with Gasteiger partial charge in [-0.2, -0.15) is 0 Å². The van der Waals surface area contributed by atoms with Gasteiger partial charge in [0.25, 0.3) is 0 Å². The third-order valence-corrected chi connectivity index (χ3v) is 7.07. The molecule has 0 saturated carbocycles. The first-order chi connectivity index (χ1) is 14.9. The van der Waals surface area contributed by atoms with E-state index < -0.39 is 12.1 Å². The summed E-state index contributed by atoms with van der Waals surface area (Å²) in [5, 5.41) is 6.58. The molecule has 0 aromatic heterocycles. The summed E-state index contributed by atoms with van der Waals surface area (Å²) >= 11 is 1.41. The van der Waals surface area contributed by atoms with E-state index >= 15 is 0 Å². The maximum Gasteiger partial charge on any atom is 0.327 e. The van der Waals surface area contributed by atoms with Crippen LogP contribution in [0, 0.1) is 12.8 Å². The van der Waals surface area contributed by atoms with Crippen LogP contribution in [-0.4, -0.2) is 58.9 Å². The zero-order chi connectivity index (χ0) is 22.1. The third-order valence-electron chi connectivity index (χ3n) is 5.86. The zero-order valence-corrected chi connectivity index (χ0v) is 18.6. The largest absolute Gasteiger partial charge is 0.327 e. The molecule has 2 fully saturated rings. The fraction of sp³-hybridized carbons (Fsp3) is 0.348. The highest BCUT2D eigenvalue weighted by atomic mass is 32.2. The fourth-order valence-electron chi connectivity index (χ4n) is 4.02. The topological polar surface area (TPSA) is 81.8 Å². The Bertz CT molecular complexity index is 982. The summed E-state index contributed by atoms with van der Waals surface area (Å²) in [6, 6.07) is 16.9. The van der Waals surface area contributed by atoms with Gasteiger partial charge in [0, 0.05) is 19.7 Å². The third kappa shape index (κ3) is 4.23. The van der Waals surface area contributed by atoms with Crippen LogP contribution >= 0.6 is 11.8 Å². The standard InChI is InChI=1S/C23H26N4O3S/c1-14-9-11-16(12-10-14)19-24-20-18(22(29)27(3)23(30)26(20)2)21(25-19)31-13-17(28)15-7-5-4-6-8-15/h4-12,18-21,24-25H,13H2,1-3H3. The first-order valence-electron chi connectivity index (χ1n) is 10.2. The number of imide groups is 1. The highest BCUT2D eigenvalue weighted by molar-refractivity contribution is 8.00. The van der Waals surface area contributed by atoms with Gasteiger partial charge >= 0.3 is 6.03 Å². The van der Waals surface area contributed by atoms with Gasteiger partial charge in [-0.3, -0.25) is 25.1 Å². The maximum absolute atomic E-state index is 13.0. The van der Waals surface area contributed by atoms with Gasteiger partial charge < -0.3 is 4.90 Å². The highest BCUT2D eigenvalue weighted by Crippen LogP contribution is 2.34. The summed E-state index contributed by atoms with van der Waals surface area (Å²) in [6.45, 7) is 2.03. The van der Waals surface area contributed by atoms with Gasteiger partial charge in [-0.25, -0.2) is 4.79 Å². The number of urea groups is 1. The normalized spacial score (nSPS) is 26.0. The highest BCUT2D eigenvalue weighted by Gasteiger charge is 2.51. The Kier molecular flexibility index (Phi) is 6.13. The van der Waals surface area contributed by atoms with Crippen LogP contribution in [0.2, 0.25) is 0 Å². The molecule has 2 saturated heterocycles. The molecule has 3 amide bonds. The Balaban J connectivity index is 1.59. The van der Waals surface area contributed by atoms with Gasteiger partial charge in [-0.15, -0.1) is 11.8 Å². The minimum Gasteiger partial charge on any atom is -0.311 e. The van der Waals surface area contributed by atoms with Gasteiger partial charge in [-0.05, 0) is 12.5 Å². The van der Waals surface area contributed by atoms with E-state index in [4.69, 9.17) is 0 Å². The number of rotatable bonds is 5. The van der Waals surface area contributed by atoms with E-state index in [1.807, 2.05) is 49.4 Å². The minimum absolute atomic E-state index is 0.00964. The van der Waals surface area contributed by atoms with Crippen molar-refractivity contribution in [3.8, 4) is 0 Å². The molecule has 0 spiro atoms. The van der Waals surface area contributed by atoms with Gasteiger partial charge in [0.05, 0.1) is 29.4 Å². The predicted octanol–water partition coefficient (Wildman–Crippen LogP) is 2.59. The van der Waals surface area contributed by atoms with Crippen LogP contribution in [0.5, 0.6) is 0 Å². The van der Waals surface area contributed by atoms with Crippen molar-refractivity contribution in [2.75, 3.05) is 19.8 Å². The van der Waals surface area contributed by atoms with Crippen LogP contribution in [0.15, 0.2) is 54.6 Å². The maximum atomic E-state index is 13.0. The van der Waals surface area contributed by atoms with E-state index in [1.54, 1.807) is 24.1 Å². The lowest BCUT2D eigenvalue weighted by Crippen LogP contribution is -2.72. The molecule has 0 bridgehead atoms. The second-order valence-corrected chi connectivity index (χ2v) is 9.09. The van der Waals surface area contributed by atoms with Gasteiger partial charge in [0.1, 0.15) is 0 Å². The lowest BCUT2D eigenvalue weighted by Gasteiger charge is -2.50. The number of amides is 3. The number of fused-ring (bicyclic) bond motifs is 1. The first-order valence-corrected chi connectivity index (χ1v) is 11.2. The number of aryl methyl sites for hydroxylation is 1. The molecule has 4 atom stereocenters. The van der Waals surface area contributed by atoms with Gasteiger partial charge in [0.2, 0.25) is 5.91 Å². The molecule has 2 N–H and O–H groups in total. The molecule has 2 aromatic carbocycles. The molecule has 162 valence electrons.